The van der Waals surface area contributed by atoms with Crippen molar-refractivity contribution < 1.29 is 9.53 Å². The van der Waals surface area contributed by atoms with E-state index in [2.05, 4.69) is 0 Å². The van der Waals surface area contributed by atoms with Gasteiger partial charge in [0.1, 0.15) is 0 Å². The van der Waals surface area contributed by atoms with Crippen LogP contribution in [0.3, 0.4) is 0 Å². The Labute approximate surface area is 118 Å². The quantitative estimate of drug-likeness (QED) is 0.673. The van der Waals surface area contributed by atoms with Crippen molar-refractivity contribution in [3.63, 3.8) is 0 Å². The molecule has 2 aliphatic rings. The lowest BCUT2D eigenvalue weighted by Crippen LogP contribution is -2.30. The highest BCUT2D eigenvalue weighted by molar-refractivity contribution is 5.69. The summed E-state index contributed by atoms with van der Waals surface area (Å²) in [6, 6.07) is 0. The minimum atomic E-state index is 0.0450. The molecule has 0 aliphatic heterocycles. The summed E-state index contributed by atoms with van der Waals surface area (Å²) in [4.78, 5) is 11.9. The molecule has 2 saturated carbocycles. The number of ether oxygens (including phenoxy) is 1. The monoisotopic (exact) mass is 266 g/mol. The number of hydrogen-bond donors (Lipinski definition) is 0. The normalized spacial score (nSPS) is 22.6. The van der Waals surface area contributed by atoms with Gasteiger partial charge in [0.2, 0.25) is 0 Å². The van der Waals surface area contributed by atoms with Crippen molar-refractivity contribution in [1.29, 1.82) is 0 Å². The molecule has 2 rings (SSSR count). The van der Waals surface area contributed by atoms with Crippen LogP contribution in [-0.2, 0) is 9.53 Å². The van der Waals surface area contributed by atoms with Crippen LogP contribution in [0.5, 0.6) is 0 Å². The maximum Gasteiger partial charge on any atom is 0.306 e. The Morgan fingerprint density at radius 3 is 1.84 bits per heavy atom. The van der Waals surface area contributed by atoms with Gasteiger partial charge in [0.05, 0.1) is 6.61 Å². The van der Waals surface area contributed by atoms with Crippen LogP contribution in [0.4, 0.5) is 0 Å². The summed E-state index contributed by atoms with van der Waals surface area (Å²) in [6.07, 6.45) is 14.4. The molecule has 2 aliphatic carbocycles. The van der Waals surface area contributed by atoms with Crippen LogP contribution in [-0.4, -0.2) is 12.6 Å². The second-order valence-corrected chi connectivity index (χ2v) is 6.47. The van der Waals surface area contributed by atoms with Gasteiger partial charge in [0, 0.05) is 6.42 Å². The minimum Gasteiger partial charge on any atom is -0.466 e. The van der Waals surface area contributed by atoms with E-state index in [1.54, 1.807) is 0 Å². The van der Waals surface area contributed by atoms with Gasteiger partial charge < -0.3 is 4.74 Å². The van der Waals surface area contributed by atoms with Crippen molar-refractivity contribution in [3.8, 4) is 0 Å². The number of carbonyl (C=O) groups is 1. The van der Waals surface area contributed by atoms with Gasteiger partial charge in [-0.2, -0.15) is 0 Å². The third kappa shape index (κ3) is 4.50. The molecule has 0 radical (unpaired) electrons. The standard InChI is InChI=1S/C17H30O2/c1-2-19-17(18)13-16(14-9-5-3-6-10-14)15-11-7-4-8-12-15/h14-16H,2-13H2,1H3. The molecule has 0 atom stereocenters. The fourth-order valence-corrected chi connectivity index (χ4v) is 4.26. The molecule has 2 nitrogen and oxygen atoms in total. The molecule has 0 saturated heterocycles. The molecular formula is C17H30O2. The molecule has 0 unspecified atom stereocenters. The molecule has 2 fully saturated rings. The van der Waals surface area contributed by atoms with E-state index in [1.165, 1.54) is 64.2 Å². The third-order valence-electron chi connectivity index (χ3n) is 5.22. The highest BCUT2D eigenvalue weighted by atomic mass is 16.5. The first-order chi connectivity index (χ1) is 9.31. The number of carbonyl (C=O) groups excluding carboxylic acids is 1. The first kappa shape index (κ1) is 14.9. The second-order valence-electron chi connectivity index (χ2n) is 6.47. The summed E-state index contributed by atoms with van der Waals surface area (Å²) in [5.41, 5.74) is 0. The Bertz CT molecular complexity index is 244. The summed E-state index contributed by atoms with van der Waals surface area (Å²) in [5, 5.41) is 0. The minimum absolute atomic E-state index is 0.0450. The SMILES string of the molecule is CCOC(=O)CC(C1CCCCC1)C1CCCCC1. The predicted octanol–water partition coefficient (Wildman–Crippen LogP) is 4.72. The molecule has 0 aromatic rings. The van der Waals surface area contributed by atoms with Gasteiger partial charge >= 0.3 is 5.97 Å². The van der Waals surface area contributed by atoms with Crippen LogP contribution in [0.25, 0.3) is 0 Å². The number of rotatable bonds is 5. The van der Waals surface area contributed by atoms with Crippen molar-refractivity contribution in [3.05, 3.63) is 0 Å². The van der Waals surface area contributed by atoms with Gasteiger partial charge in [0.25, 0.3) is 0 Å². The Hall–Kier alpha value is -0.530. The lowest BCUT2D eigenvalue weighted by atomic mass is 9.68. The van der Waals surface area contributed by atoms with Crippen molar-refractivity contribution in [2.45, 2.75) is 77.6 Å². The van der Waals surface area contributed by atoms with E-state index in [-0.39, 0.29) is 5.97 Å². The molecular weight excluding hydrogens is 236 g/mol. The van der Waals surface area contributed by atoms with Crippen LogP contribution < -0.4 is 0 Å². The molecule has 19 heavy (non-hydrogen) atoms. The summed E-state index contributed by atoms with van der Waals surface area (Å²) < 4.78 is 5.22. The van der Waals surface area contributed by atoms with Crippen molar-refractivity contribution in [1.82, 2.24) is 0 Å². The van der Waals surface area contributed by atoms with Crippen molar-refractivity contribution in [2.24, 2.45) is 17.8 Å². The molecule has 0 heterocycles. The first-order valence-electron chi connectivity index (χ1n) is 8.47. The highest BCUT2D eigenvalue weighted by Crippen LogP contribution is 2.41. The smallest absolute Gasteiger partial charge is 0.306 e. The lowest BCUT2D eigenvalue weighted by molar-refractivity contribution is -0.145. The molecule has 0 aromatic heterocycles. The highest BCUT2D eigenvalue weighted by Gasteiger charge is 2.33. The van der Waals surface area contributed by atoms with Gasteiger partial charge in [-0.1, -0.05) is 64.2 Å². The second kappa shape index (κ2) is 7.91. The summed E-state index contributed by atoms with van der Waals surface area (Å²) >= 11 is 0. The van der Waals surface area contributed by atoms with E-state index in [0.29, 0.717) is 18.9 Å². The van der Waals surface area contributed by atoms with Crippen molar-refractivity contribution in [2.75, 3.05) is 6.61 Å². The van der Waals surface area contributed by atoms with Gasteiger partial charge in [-0.25, -0.2) is 0 Å². The molecule has 0 bridgehead atoms. The zero-order chi connectivity index (χ0) is 13.5. The largest absolute Gasteiger partial charge is 0.466 e. The van der Waals surface area contributed by atoms with Crippen LogP contribution in [0.2, 0.25) is 0 Å². The fourth-order valence-electron chi connectivity index (χ4n) is 4.26. The molecule has 110 valence electrons. The maximum atomic E-state index is 11.9. The van der Waals surface area contributed by atoms with Crippen LogP contribution >= 0.6 is 0 Å². The Kier molecular flexibility index (Phi) is 6.19. The van der Waals surface area contributed by atoms with Gasteiger partial charge in [-0.3, -0.25) is 4.79 Å². The molecule has 0 amide bonds. The number of hydrogen-bond acceptors (Lipinski definition) is 2. The van der Waals surface area contributed by atoms with Crippen LogP contribution in [0.15, 0.2) is 0 Å². The zero-order valence-electron chi connectivity index (χ0n) is 12.5. The van der Waals surface area contributed by atoms with Gasteiger partial charge in [0.15, 0.2) is 0 Å². The maximum absolute atomic E-state index is 11.9. The summed E-state index contributed by atoms with van der Waals surface area (Å²) in [5.74, 6) is 2.24. The average Bonchev–Trinajstić information content (AvgIpc) is 2.47. The molecule has 0 N–H and O–H groups in total. The molecule has 0 aromatic carbocycles. The molecule has 2 heteroatoms. The van der Waals surface area contributed by atoms with E-state index < -0.39 is 0 Å². The molecule has 0 spiro atoms. The first-order valence-corrected chi connectivity index (χ1v) is 8.47. The van der Waals surface area contributed by atoms with E-state index >= 15 is 0 Å². The van der Waals surface area contributed by atoms with Crippen LogP contribution in [0, 0.1) is 17.8 Å². The van der Waals surface area contributed by atoms with Crippen molar-refractivity contribution >= 4 is 5.97 Å². The fraction of sp³-hybridized carbons (Fsp3) is 0.941. The number of esters is 1. The summed E-state index contributed by atoms with van der Waals surface area (Å²) in [7, 11) is 0. The van der Waals surface area contributed by atoms with Crippen LogP contribution in [0.1, 0.15) is 77.6 Å². The zero-order valence-corrected chi connectivity index (χ0v) is 12.5. The Morgan fingerprint density at radius 2 is 1.42 bits per heavy atom. The van der Waals surface area contributed by atoms with E-state index in [4.69, 9.17) is 4.74 Å². The Morgan fingerprint density at radius 1 is 0.947 bits per heavy atom. The van der Waals surface area contributed by atoms with E-state index in [0.717, 1.165) is 11.8 Å². The van der Waals surface area contributed by atoms with Gasteiger partial charge in [-0.15, -0.1) is 0 Å². The van der Waals surface area contributed by atoms with Gasteiger partial charge in [-0.05, 0) is 24.7 Å². The predicted molar refractivity (Wildman–Crippen MR) is 77.9 cm³/mol. The lowest BCUT2D eigenvalue weighted by Gasteiger charge is -2.37. The van der Waals surface area contributed by atoms with E-state index in [1.807, 2.05) is 6.92 Å². The Balaban J connectivity index is 1.96. The third-order valence-corrected chi connectivity index (χ3v) is 5.22. The van der Waals surface area contributed by atoms with E-state index in [9.17, 15) is 4.79 Å². The summed E-state index contributed by atoms with van der Waals surface area (Å²) in [6.45, 7) is 2.44. The topological polar surface area (TPSA) is 26.3 Å². The average molecular weight is 266 g/mol.